The van der Waals surface area contributed by atoms with Gasteiger partial charge in [0.2, 0.25) is 5.96 Å². The van der Waals surface area contributed by atoms with Gasteiger partial charge in [-0.3, -0.25) is 9.47 Å². The fraction of sp³-hybridized carbons (Fsp3) is 0.115. The number of fused-ring (bicyclic) bond motifs is 1. The number of aliphatic imine (C=N–C) groups is 1. The van der Waals surface area contributed by atoms with Crippen LogP contribution in [0.5, 0.6) is 0 Å². The summed E-state index contributed by atoms with van der Waals surface area (Å²) in [4.78, 5) is 6.51. The molecule has 0 aliphatic carbocycles. The second kappa shape index (κ2) is 9.61. The molecule has 0 saturated carbocycles. The van der Waals surface area contributed by atoms with Crippen LogP contribution in [0.2, 0.25) is 0 Å². The fourth-order valence-corrected chi connectivity index (χ4v) is 3.82. The molecule has 1 aliphatic rings. The fourth-order valence-electron chi connectivity index (χ4n) is 3.82. The summed E-state index contributed by atoms with van der Waals surface area (Å²) in [5, 5.41) is 0. The van der Waals surface area contributed by atoms with E-state index in [0.29, 0.717) is 5.96 Å². The Morgan fingerprint density at radius 3 is 2.27 bits per heavy atom. The molecule has 2 rings (SSSR count). The minimum absolute atomic E-state index is 0.620. The Morgan fingerprint density at radius 1 is 1.10 bits per heavy atom. The first-order valence-corrected chi connectivity index (χ1v) is 9.67. The molecule has 0 bridgehead atoms. The SMILES string of the molecule is C=C/C=C(/C)C1=C(C=C)N(C=C)C(=NC=C)n2c(/C=C\C)c(C)c(C=C)c2/C1=C\N. The van der Waals surface area contributed by atoms with E-state index in [0.717, 1.165) is 44.9 Å². The lowest BCUT2D eigenvalue weighted by Crippen LogP contribution is -2.31. The number of rotatable bonds is 7. The number of hydrogen-bond acceptors (Lipinski definition) is 2. The Bertz CT molecular complexity index is 1060. The van der Waals surface area contributed by atoms with Crippen LogP contribution in [-0.2, 0) is 0 Å². The molecule has 0 radical (unpaired) electrons. The van der Waals surface area contributed by atoms with Crippen molar-refractivity contribution in [3.05, 3.63) is 115 Å². The number of hydrogen-bond donors (Lipinski definition) is 1. The normalized spacial score (nSPS) is 17.3. The molecule has 30 heavy (non-hydrogen) atoms. The maximum atomic E-state index is 6.24. The quantitative estimate of drug-likeness (QED) is 0.560. The molecule has 154 valence electrons. The molecule has 0 atom stereocenters. The van der Waals surface area contributed by atoms with E-state index in [1.807, 2.05) is 43.1 Å². The zero-order valence-corrected chi connectivity index (χ0v) is 18.2. The average Bonchev–Trinajstić information content (AvgIpc) is 2.94. The highest BCUT2D eigenvalue weighted by atomic mass is 15.3. The molecular formula is C26H30N4. The van der Waals surface area contributed by atoms with Crippen LogP contribution in [0, 0.1) is 6.92 Å². The van der Waals surface area contributed by atoms with Gasteiger partial charge in [-0.25, -0.2) is 4.99 Å². The lowest BCUT2D eigenvalue weighted by atomic mass is 9.92. The van der Waals surface area contributed by atoms with Gasteiger partial charge in [0, 0.05) is 35.3 Å². The van der Waals surface area contributed by atoms with Crippen LogP contribution in [-0.4, -0.2) is 15.4 Å². The highest BCUT2D eigenvalue weighted by Gasteiger charge is 2.32. The smallest absolute Gasteiger partial charge is 0.219 e. The standard InChI is InChI=1S/C26H30N4/c1-9-15-18(7)24-21(17-27)25-20(11-3)19(8)23(16-10-2)30(25)26(28-13-5)29(14-6)22(24)12-4/h9-17H,1,3-6,27H2,2,7-8H3/b16-10-,18-15-,21-17-,28-26?. The zero-order valence-electron chi connectivity index (χ0n) is 18.2. The Morgan fingerprint density at radius 2 is 1.80 bits per heavy atom. The first-order valence-electron chi connectivity index (χ1n) is 9.67. The van der Waals surface area contributed by atoms with E-state index >= 15 is 0 Å². The molecule has 1 aliphatic heterocycles. The zero-order chi connectivity index (χ0) is 22.4. The minimum Gasteiger partial charge on any atom is -0.404 e. The van der Waals surface area contributed by atoms with Crippen LogP contribution in [0.15, 0.2) is 97.6 Å². The lowest BCUT2D eigenvalue weighted by Gasteiger charge is -2.24. The summed E-state index contributed by atoms with van der Waals surface area (Å²) in [5.41, 5.74) is 13.7. The molecule has 4 nitrogen and oxygen atoms in total. The highest BCUT2D eigenvalue weighted by molar-refractivity contribution is 6.00. The Balaban J connectivity index is 3.26. The molecule has 0 aromatic carbocycles. The van der Waals surface area contributed by atoms with Gasteiger partial charge in [-0.15, -0.1) is 0 Å². The van der Waals surface area contributed by atoms with Gasteiger partial charge >= 0.3 is 0 Å². The summed E-state index contributed by atoms with van der Waals surface area (Å²) in [6.07, 6.45) is 16.2. The van der Waals surface area contributed by atoms with Crippen LogP contribution >= 0.6 is 0 Å². The van der Waals surface area contributed by atoms with Crippen LogP contribution in [0.1, 0.15) is 36.4 Å². The van der Waals surface area contributed by atoms with Gasteiger partial charge in [0.1, 0.15) is 0 Å². The van der Waals surface area contributed by atoms with Crippen LogP contribution in [0.4, 0.5) is 0 Å². The highest BCUT2D eigenvalue weighted by Crippen LogP contribution is 2.41. The molecule has 0 fully saturated rings. The van der Waals surface area contributed by atoms with E-state index in [-0.39, 0.29) is 0 Å². The Kier molecular flexibility index (Phi) is 7.21. The van der Waals surface area contributed by atoms with E-state index in [9.17, 15) is 0 Å². The summed E-state index contributed by atoms with van der Waals surface area (Å²) in [5.74, 6) is 0.620. The molecular weight excluding hydrogens is 368 g/mol. The molecule has 0 amide bonds. The molecule has 4 heteroatoms. The van der Waals surface area contributed by atoms with Crippen molar-refractivity contribution in [2.24, 2.45) is 10.7 Å². The Labute approximate surface area is 180 Å². The van der Waals surface area contributed by atoms with Gasteiger partial charge in [0.15, 0.2) is 0 Å². The van der Waals surface area contributed by atoms with E-state index in [4.69, 9.17) is 5.73 Å². The number of aromatic nitrogens is 1. The van der Waals surface area contributed by atoms with Crippen molar-refractivity contribution in [2.75, 3.05) is 0 Å². The van der Waals surface area contributed by atoms with Crippen molar-refractivity contribution in [1.29, 1.82) is 0 Å². The molecule has 1 aromatic rings. The van der Waals surface area contributed by atoms with Gasteiger partial charge in [-0.2, -0.15) is 0 Å². The maximum Gasteiger partial charge on any atom is 0.219 e. The number of nitrogens with zero attached hydrogens (tertiary/aromatic N) is 3. The van der Waals surface area contributed by atoms with Crippen molar-refractivity contribution in [3.63, 3.8) is 0 Å². The topological polar surface area (TPSA) is 46.5 Å². The van der Waals surface area contributed by atoms with Gasteiger partial charge in [0.25, 0.3) is 0 Å². The van der Waals surface area contributed by atoms with Gasteiger partial charge in [-0.05, 0) is 44.1 Å². The second-order valence-electron chi connectivity index (χ2n) is 6.61. The summed E-state index contributed by atoms with van der Waals surface area (Å²) >= 11 is 0. The number of allylic oxidation sites excluding steroid dienone is 7. The molecule has 2 heterocycles. The summed E-state index contributed by atoms with van der Waals surface area (Å²) in [6, 6.07) is 0. The van der Waals surface area contributed by atoms with Crippen molar-refractivity contribution in [2.45, 2.75) is 20.8 Å². The van der Waals surface area contributed by atoms with Gasteiger partial charge < -0.3 is 5.73 Å². The second-order valence-corrected chi connectivity index (χ2v) is 6.61. The average molecular weight is 399 g/mol. The maximum absolute atomic E-state index is 6.24. The molecule has 2 N–H and O–H groups in total. The predicted octanol–water partition coefficient (Wildman–Crippen LogP) is 6.15. The summed E-state index contributed by atoms with van der Waals surface area (Å²) < 4.78 is 2.06. The number of nitrogens with two attached hydrogens (primary N) is 1. The summed E-state index contributed by atoms with van der Waals surface area (Å²) in [7, 11) is 0. The summed E-state index contributed by atoms with van der Waals surface area (Å²) in [6.45, 7) is 25.9. The molecule has 0 unspecified atom stereocenters. The largest absolute Gasteiger partial charge is 0.404 e. The van der Waals surface area contributed by atoms with Gasteiger partial charge in [0.05, 0.1) is 17.1 Å². The predicted molar refractivity (Wildman–Crippen MR) is 132 cm³/mol. The van der Waals surface area contributed by atoms with Crippen LogP contribution in [0.3, 0.4) is 0 Å². The van der Waals surface area contributed by atoms with Crippen molar-refractivity contribution in [1.82, 2.24) is 9.47 Å². The van der Waals surface area contributed by atoms with Crippen LogP contribution in [0.25, 0.3) is 17.7 Å². The first-order chi connectivity index (χ1) is 14.5. The van der Waals surface area contributed by atoms with E-state index in [1.54, 1.807) is 24.6 Å². The third-order valence-electron chi connectivity index (χ3n) is 5.00. The van der Waals surface area contributed by atoms with Crippen LogP contribution < -0.4 is 5.73 Å². The van der Waals surface area contributed by atoms with Gasteiger partial charge in [-0.1, -0.05) is 57.2 Å². The molecule has 1 aromatic heterocycles. The lowest BCUT2D eigenvalue weighted by molar-refractivity contribution is 0.679. The van der Waals surface area contributed by atoms with Crippen molar-refractivity contribution >= 4 is 23.7 Å². The Hall–Kier alpha value is -3.79. The van der Waals surface area contributed by atoms with E-state index in [1.165, 1.54) is 6.20 Å². The molecule has 0 saturated heterocycles. The third kappa shape index (κ3) is 3.48. The van der Waals surface area contributed by atoms with E-state index < -0.39 is 0 Å². The monoisotopic (exact) mass is 398 g/mol. The van der Waals surface area contributed by atoms with Crippen molar-refractivity contribution < 1.29 is 0 Å². The van der Waals surface area contributed by atoms with E-state index in [2.05, 4.69) is 49.4 Å². The first kappa shape index (κ1) is 22.5. The third-order valence-corrected chi connectivity index (χ3v) is 5.00. The molecule has 0 spiro atoms. The minimum atomic E-state index is 0.620. The van der Waals surface area contributed by atoms with Crippen molar-refractivity contribution in [3.8, 4) is 0 Å².